The first kappa shape index (κ1) is 18.9. The van der Waals surface area contributed by atoms with Crippen LogP contribution < -0.4 is 10.6 Å². The summed E-state index contributed by atoms with van der Waals surface area (Å²) in [5.74, 6) is -0.329. The summed E-state index contributed by atoms with van der Waals surface area (Å²) in [6, 6.07) is 12.3. The van der Waals surface area contributed by atoms with Gasteiger partial charge in [0.1, 0.15) is 5.82 Å². The van der Waals surface area contributed by atoms with Gasteiger partial charge in [0.2, 0.25) is 5.91 Å². The molecule has 2 aromatic carbocycles. The van der Waals surface area contributed by atoms with Gasteiger partial charge in [0.05, 0.1) is 19.1 Å². The van der Waals surface area contributed by atoms with E-state index in [0.29, 0.717) is 18.5 Å². The van der Waals surface area contributed by atoms with Crippen LogP contribution in [0.25, 0.3) is 0 Å². The number of aryl methyl sites for hydroxylation is 1. The van der Waals surface area contributed by atoms with Crippen LogP contribution in [0.1, 0.15) is 30.0 Å². The molecule has 25 heavy (non-hydrogen) atoms. The van der Waals surface area contributed by atoms with Crippen molar-refractivity contribution in [3.63, 3.8) is 0 Å². The third-order valence-corrected chi connectivity index (χ3v) is 4.08. The Morgan fingerprint density at radius 1 is 1.20 bits per heavy atom. The Kier molecular flexibility index (Phi) is 6.95. The fourth-order valence-corrected chi connectivity index (χ4v) is 2.52. The van der Waals surface area contributed by atoms with Gasteiger partial charge in [-0.2, -0.15) is 0 Å². The number of benzene rings is 2. The van der Waals surface area contributed by atoms with Gasteiger partial charge >= 0.3 is 0 Å². The highest BCUT2D eigenvalue weighted by Crippen LogP contribution is 2.15. The van der Waals surface area contributed by atoms with Crippen molar-refractivity contribution in [2.45, 2.75) is 39.3 Å². The van der Waals surface area contributed by atoms with E-state index in [2.05, 4.69) is 10.6 Å². The van der Waals surface area contributed by atoms with Crippen LogP contribution in [-0.4, -0.2) is 23.7 Å². The minimum atomic E-state index is -0.222. The van der Waals surface area contributed by atoms with Crippen molar-refractivity contribution in [2.75, 3.05) is 11.9 Å². The van der Waals surface area contributed by atoms with Crippen LogP contribution >= 0.6 is 0 Å². The number of aliphatic hydroxyl groups is 1. The number of carbonyl (C=O) groups is 1. The Bertz CT molecular complexity index is 697. The SMILES string of the molecule is CCC(CO)NC(=O)Cc1ccc(NCc2cc(C)ccc2F)cc1. The zero-order valence-electron chi connectivity index (χ0n) is 14.7. The van der Waals surface area contributed by atoms with E-state index in [1.807, 2.05) is 44.2 Å². The van der Waals surface area contributed by atoms with Crippen LogP contribution in [0, 0.1) is 12.7 Å². The Hall–Kier alpha value is -2.40. The fraction of sp³-hybridized carbons (Fsp3) is 0.350. The van der Waals surface area contributed by atoms with Crippen molar-refractivity contribution >= 4 is 11.6 Å². The number of hydrogen-bond acceptors (Lipinski definition) is 3. The van der Waals surface area contributed by atoms with Gasteiger partial charge in [0.25, 0.3) is 0 Å². The van der Waals surface area contributed by atoms with Gasteiger partial charge in [-0.3, -0.25) is 4.79 Å². The standard InChI is InChI=1S/C20H25FN2O2/c1-3-17(13-24)23-20(25)11-15-5-7-18(8-6-15)22-12-16-10-14(2)4-9-19(16)21/h4-10,17,22,24H,3,11-13H2,1-2H3,(H,23,25). The molecule has 0 spiro atoms. The van der Waals surface area contributed by atoms with Crippen LogP contribution in [0.5, 0.6) is 0 Å². The second-order valence-electron chi connectivity index (χ2n) is 6.18. The van der Waals surface area contributed by atoms with Crippen LogP contribution in [-0.2, 0) is 17.8 Å². The summed E-state index contributed by atoms with van der Waals surface area (Å²) in [5, 5.41) is 15.1. The molecule has 0 heterocycles. The van der Waals surface area contributed by atoms with Gasteiger partial charge in [-0.05, 0) is 37.1 Å². The van der Waals surface area contributed by atoms with Crippen molar-refractivity contribution in [3.05, 3.63) is 65.0 Å². The number of halogens is 1. The van der Waals surface area contributed by atoms with Crippen LogP contribution in [0.4, 0.5) is 10.1 Å². The van der Waals surface area contributed by atoms with E-state index >= 15 is 0 Å². The number of carbonyl (C=O) groups excluding carboxylic acids is 1. The molecule has 1 amide bonds. The lowest BCUT2D eigenvalue weighted by Crippen LogP contribution is -2.37. The van der Waals surface area contributed by atoms with Gasteiger partial charge in [0, 0.05) is 17.8 Å². The van der Waals surface area contributed by atoms with Gasteiger partial charge in [0.15, 0.2) is 0 Å². The van der Waals surface area contributed by atoms with Gasteiger partial charge in [-0.1, -0.05) is 36.8 Å². The maximum atomic E-state index is 13.7. The van der Waals surface area contributed by atoms with Gasteiger partial charge in [-0.15, -0.1) is 0 Å². The molecule has 134 valence electrons. The molecule has 0 saturated heterocycles. The van der Waals surface area contributed by atoms with E-state index in [1.54, 1.807) is 6.07 Å². The first-order chi connectivity index (χ1) is 12.0. The predicted molar refractivity (Wildman–Crippen MR) is 97.9 cm³/mol. The van der Waals surface area contributed by atoms with Crippen molar-refractivity contribution in [2.24, 2.45) is 0 Å². The molecule has 0 aliphatic carbocycles. The Morgan fingerprint density at radius 2 is 1.92 bits per heavy atom. The zero-order valence-corrected chi connectivity index (χ0v) is 14.7. The molecule has 0 fully saturated rings. The number of anilines is 1. The minimum absolute atomic E-state index is 0.0549. The summed E-state index contributed by atoms with van der Waals surface area (Å²) < 4.78 is 13.7. The van der Waals surface area contributed by atoms with Crippen molar-refractivity contribution in [1.29, 1.82) is 0 Å². The van der Waals surface area contributed by atoms with E-state index < -0.39 is 0 Å². The Labute approximate surface area is 148 Å². The molecule has 2 aromatic rings. The lowest BCUT2D eigenvalue weighted by Gasteiger charge is -2.14. The van der Waals surface area contributed by atoms with Crippen molar-refractivity contribution < 1.29 is 14.3 Å². The number of aliphatic hydroxyl groups excluding tert-OH is 1. The molecule has 0 aromatic heterocycles. The number of amides is 1. The molecule has 1 atom stereocenters. The normalized spacial score (nSPS) is 11.8. The maximum Gasteiger partial charge on any atom is 0.224 e. The molecule has 0 radical (unpaired) electrons. The molecule has 5 heteroatoms. The smallest absolute Gasteiger partial charge is 0.224 e. The highest BCUT2D eigenvalue weighted by molar-refractivity contribution is 5.79. The molecule has 0 saturated carbocycles. The number of nitrogens with one attached hydrogen (secondary N) is 2. The summed E-state index contributed by atoms with van der Waals surface area (Å²) in [6.07, 6.45) is 0.962. The number of hydrogen-bond donors (Lipinski definition) is 3. The largest absolute Gasteiger partial charge is 0.394 e. The monoisotopic (exact) mass is 344 g/mol. The fourth-order valence-electron chi connectivity index (χ4n) is 2.52. The Balaban J connectivity index is 1.89. The maximum absolute atomic E-state index is 13.7. The molecular weight excluding hydrogens is 319 g/mol. The van der Waals surface area contributed by atoms with Gasteiger partial charge < -0.3 is 15.7 Å². The summed E-state index contributed by atoms with van der Waals surface area (Å²) in [6.45, 7) is 4.20. The van der Waals surface area contributed by atoms with Crippen LogP contribution in [0.15, 0.2) is 42.5 Å². The van der Waals surface area contributed by atoms with E-state index in [9.17, 15) is 9.18 Å². The molecule has 4 nitrogen and oxygen atoms in total. The van der Waals surface area contributed by atoms with Crippen LogP contribution in [0.3, 0.4) is 0 Å². The van der Waals surface area contributed by atoms with E-state index in [-0.39, 0.29) is 30.8 Å². The van der Waals surface area contributed by atoms with E-state index in [1.165, 1.54) is 6.07 Å². The predicted octanol–water partition coefficient (Wildman–Crippen LogP) is 3.18. The lowest BCUT2D eigenvalue weighted by molar-refractivity contribution is -0.121. The van der Waals surface area contributed by atoms with Crippen molar-refractivity contribution in [1.82, 2.24) is 5.32 Å². The molecule has 2 rings (SSSR count). The summed E-state index contributed by atoms with van der Waals surface area (Å²) in [5.41, 5.74) is 3.40. The minimum Gasteiger partial charge on any atom is -0.394 e. The number of rotatable bonds is 8. The molecule has 0 aliphatic heterocycles. The Morgan fingerprint density at radius 3 is 2.56 bits per heavy atom. The average Bonchev–Trinajstić information content (AvgIpc) is 2.61. The lowest BCUT2D eigenvalue weighted by atomic mass is 10.1. The average molecular weight is 344 g/mol. The second-order valence-corrected chi connectivity index (χ2v) is 6.18. The van der Waals surface area contributed by atoms with E-state index in [4.69, 9.17) is 5.11 Å². The van der Waals surface area contributed by atoms with E-state index in [0.717, 1.165) is 16.8 Å². The third kappa shape index (κ3) is 5.87. The molecule has 1 unspecified atom stereocenters. The molecule has 0 bridgehead atoms. The van der Waals surface area contributed by atoms with Crippen LogP contribution in [0.2, 0.25) is 0 Å². The molecular formula is C20H25FN2O2. The van der Waals surface area contributed by atoms with Gasteiger partial charge in [-0.25, -0.2) is 4.39 Å². The van der Waals surface area contributed by atoms with Crippen molar-refractivity contribution in [3.8, 4) is 0 Å². The first-order valence-corrected chi connectivity index (χ1v) is 8.50. The molecule has 3 N–H and O–H groups in total. The topological polar surface area (TPSA) is 61.4 Å². The second kappa shape index (κ2) is 9.18. The quantitative estimate of drug-likeness (QED) is 0.689. The highest BCUT2D eigenvalue weighted by Gasteiger charge is 2.09. The third-order valence-electron chi connectivity index (χ3n) is 4.08. The summed E-state index contributed by atoms with van der Waals surface area (Å²) >= 11 is 0. The zero-order chi connectivity index (χ0) is 18.2. The summed E-state index contributed by atoms with van der Waals surface area (Å²) in [7, 11) is 0. The first-order valence-electron chi connectivity index (χ1n) is 8.50. The highest BCUT2D eigenvalue weighted by atomic mass is 19.1. The molecule has 0 aliphatic rings. The summed E-state index contributed by atoms with van der Waals surface area (Å²) in [4.78, 5) is 11.9.